The molecule has 1 aliphatic heterocycles. The zero-order chi connectivity index (χ0) is 11.5. The zero-order valence-electron chi connectivity index (χ0n) is 8.36. The first-order valence-electron chi connectivity index (χ1n) is 4.28. The maximum Gasteiger partial charge on any atom is 0.329 e. The third-order valence-electron chi connectivity index (χ3n) is 2.15. The molecule has 6 nitrogen and oxygen atoms in total. The van der Waals surface area contributed by atoms with Gasteiger partial charge in [-0.3, -0.25) is 0 Å². The van der Waals surface area contributed by atoms with Crippen LogP contribution < -0.4 is 4.72 Å². The Hall–Kier alpha value is -0.920. The number of esters is 1. The van der Waals surface area contributed by atoms with Crippen molar-refractivity contribution in [3.05, 3.63) is 12.0 Å². The molecular weight excluding hydrogens is 222 g/mol. The molecule has 1 fully saturated rings. The van der Waals surface area contributed by atoms with Crippen LogP contribution in [0.4, 0.5) is 0 Å². The number of hydrogen-bond acceptors (Lipinski definition) is 5. The lowest BCUT2D eigenvalue weighted by Gasteiger charge is -2.24. The Morgan fingerprint density at radius 2 is 2.33 bits per heavy atom. The first kappa shape index (κ1) is 12.2. The highest BCUT2D eigenvalue weighted by Crippen LogP contribution is 2.21. The quantitative estimate of drug-likeness (QED) is 0.657. The second kappa shape index (κ2) is 4.30. The summed E-state index contributed by atoms with van der Waals surface area (Å²) in [5, 5.41) is 0.746. The van der Waals surface area contributed by atoms with Crippen molar-refractivity contribution in [2.75, 3.05) is 20.3 Å². The van der Waals surface area contributed by atoms with E-state index >= 15 is 0 Å². The van der Waals surface area contributed by atoms with Crippen LogP contribution in [0.25, 0.3) is 0 Å². The van der Waals surface area contributed by atoms with Gasteiger partial charge in [0.2, 0.25) is 10.0 Å². The molecule has 86 valence electrons. The molecule has 0 radical (unpaired) electrons. The van der Waals surface area contributed by atoms with Crippen LogP contribution in [0.1, 0.15) is 6.42 Å². The van der Waals surface area contributed by atoms with Crippen LogP contribution in [-0.2, 0) is 24.3 Å². The molecule has 7 heteroatoms. The molecule has 1 aliphatic rings. The fourth-order valence-corrected chi connectivity index (χ4v) is 2.23. The molecule has 1 rings (SSSR count). The van der Waals surface area contributed by atoms with Crippen LogP contribution in [0.3, 0.4) is 0 Å². The minimum Gasteiger partial charge on any atom is -0.468 e. The number of hydrogen-bond donors (Lipinski definition) is 1. The van der Waals surface area contributed by atoms with Gasteiger partial charge < -0.3 is 9.47 Å². The zero-order valence-corrected chi connectivity index (χ0v) is 9.17. The Bertz CT molecular complexity index is 355. The molecule has 1 saturated heterocycles. The fraction of sp³-hybridized carbons (Fsp3) is 0.625. The molecule has 0 bridgehead atoms. The lowest BCUT2D eigenvalue weighted by Crippen LogP contribution is -2.55. The number of nitrogens with one attached hydrogen (secondary N) is 1. The van der Waals surface area contributed by atoms with Crippen molar-refractivity contribution >= 4 is 16.0 Å². The van der Waals surface area contributed by atoms with E-state index < -0.39 is 21.5 Å². The van der Waals surface area contributed by atoms with Gasteiger partial charge >= 0.3 is 5.97 Å². The first-order chi connectivity index (χ1) is 6.96. The monoisotopic (exact) mass is 235 g/mol. The molecule has 15 heavy (non-hydrogen) atoms. The fourth-order valence-electron chi connectivity index (χ4n) is 1.36. The summed E-state index contributed by atoms with van der Waals surface area (Å²) in [6, 6.07) is 0. The minimum absolute atomic E-state index is 0.0211. The average Bonchev–Trinajstić information content (AvgIpc) is 2.65. The molecule has 0 aliphatic carbocycles. The van der Waals surface area contributed by atoms with Gasteiger partial charge in [0.25, 0.3) is 0 Å². The van der Waals surface area contributed by atoms with E-state index in [2.05, 4.69) is 16.0 Å². The molecule has 0 amide bonds. The number of rotatable bonds is 4. The highest BCUT2D eigenvalue weighted by Gasteiger charge is 2.46. The van der Waals surface area contributed by atoms with Crippen molar-refractivity contribution in [2.45, 2.75) is 12.0 Å². The number of carbonyl (C=O) groups excluding carboxylic acids is 1. The van der Waals surface area contributed by atoms with Crippen molar-refractivity contribution < 1.29 is 22.7 Å². The third kappa shape index (κ3) is 2.55. The van der Waals surface area contributed by atoms with Crippen LogP contribution in [0.5, 0.6) is 0 Å². The molecule has 0 aromatic heterocycles. The lowest BCUT2D eigenvalue weighted by molar-refractivity contribution is -0.147. The summed E-state index contributed by atoms with van der Waals surface area (Å²) >= 11 is 0. The molecule has 1 atom stereocenters. The highest BCUT2D eigenvalue weighted by atomic mass is 32.2. The van der Waals surface area contributed by atoms with Crippen molar-refractivity contribution in [1.82, 2.24) is 4.72 Å². The van der Waals surface area contributed by atoms with Crippen molar-refractivity contribution in [3.63, 3.8) is 0 Å². The highest BCUT2D eigenvalue weighted by molar-refractivity contribution is 7.92. The summed E-state index contributed by atoms with van der Waals surface area (Å²) in [6.07, 6.45) is 0.257. The third-order valence-corrected chi connectivity index (χ3v) is 3.27. The molecular formula is C8H13NO5S. The average molecular weight is 235 g/mol. The number of methoxy groups -OCH3 is 1. The van der Waals surface area contributed by atoms with Gasteiger partial charge in [-0.15, -0.1) is 0 Å². The van der Waals surface area contributed by atoms with Crippen LogP contribution in [0, 0.1) is 0 Å². The van der Waals surface area contributed by atoms with Gasteiger partial charge in [0, 0.05) is 18.4 Å². The predicted molar refractivity (Wildman–Crippen MR) is 52.4 cm³/mol. The summed E-state index contributed by atoms with van der Waals surface area (Å²) in [6.45, 7) is 3.44. The number of ether oxygens (including phenoxy) is 2. The van der Waals surface area contributed by atoms with Crippen LogP contribution in [-0.4, -0.2) is 40.2 Å². The molecule has 0 saturated carbocycles. The maximum absolute atomic E-state index is 11.5. The van der Waals surface area contributed by atoms with E-state index in [1.165, 1.54) is 7.11 Å². The topological polar surface area (TPSA) is 81.7 Å². The second-order valence-corrected chi connectivity index (χ2v) is 4.82. The van der Waals surface area contributed by atoms with E-state index in [-0.39, 0.29) is 13.0 Å². The van der Waals surface area contributed by atoms with Crippen LogP contribution in [0.15, 0.2) is 12.0 Å². The normalized spacial score (nSPS) is 26.2. The van der Waals surface area contributed by atoms with Gasteiger partial charge in [-0.25, -0.2) is 13.2 Å². The summed E-state index contributed by atoms with van der Waals surface area (Å²) in [5.74, 6) is -0.648. The standard InChI is InChI=1S/C8H13NO5S/c1-3-15(11,12)9-8(7(10)13-2)4-5-14-6-8/h3,9H,1,4-6H2,2H3. The summed E-state index contributed by atoms with van der Waals surface area (Å²) in [4.78, 5) is 11.5. The van der Waals surface area contributed by atoms with E-state index in [1.807, 2.05) is 0 Å². The van der Waals surface area contributed by atoms with E-state index in [9.17, 15) is 13.2 Å². The molecule has 1 N–H and O–H groups in total. The summed E-state index contributed by atoms with van der Waals surface area (Å²) in [5.41, 5.74) is -1.30. The largest absolute Gasteiger partial charge is 0.468 e. The van der Waals surface area contributed by atoms with Gasteiger partial charge in [0.05, 0.1) is 13.7 Å². The van der Waals surface area contributed by atoms with Gasteiger partial charge in [0.1, 0.15) is 0 Å². The summed E-state index contributed by atoms with van der Waals surface area (Å²) in [7, 11) is -2.48. The van der Waals surface area contributed by atoms with E-state index in [0.717, 1.165) is 5.41 Å². The molecule has 1 unspecified atom stereocenters. The van der Waals surface area contributed by atoms with E-state index in [0.29, 0.717) is 6.61 Å². The first-order valence-corrected chi connectivity index (χ1v) is 5.83. The SMILES string of the molecule is C=CS(=O)(=O)NC1(C(=O)OC)CCOC1. The van der Waals surface area contributed by atoms with Gasteiger partial charge in [-0.2, -0.15) is 4.72 Å². The molecule has 0 spiro atoms. The van der Waals surface area contributed by atoms with Crippen molar-refractivity contribution in [1.29, 1.82) is 0 Å². The minimum atomic E-state index is -3.68. The molecule has 0 aromatic carbocycles. The molecule has 0 aromatic rings. The Balaban J connectivity index is 2.93. The smallest absolute Gasteiger partial charge is 0.329 e. The maximum atomic E-state index is 11.5. The van der Waals surface area contributed by atoms with Crippen molar-refractivity contribution in [3.8, 4) is 0 Å². The Kier molecular flexibility index (Phi) is 3.48. The van der Waals surface area contributed by atoms with E-state index in [1.54, 1.807) is 0 Å². The van der Waals surface area contributed by atoms with Crippen molar-refractivity contribution in [2.24, 2.45) is 0 Å². The van der Waals surface area contributed by atoms with Crippen LogP contribution >= 0.6 is 0 Å². The summed E-state index contributed by atoms with van der Waals surface area (Å²) < 4.78 is 34.4. The van der Waals surface area contributed by atoms with Gasteiger partial charge in [-0.05, 0) is 0 Å². The van der Waals surface area contributed by atoms with Gasteiger partial charge in [0.15, 0.2) is 5.54 Å². The second-order valence-electron chi connectivity index (χ2n) is 3.19. The lowest BCUT2D eigenvalue weighted by atomic mass is 10.0. The van der Waals surface area contributed by atoms with Gasteiger partial charge in [-0.1, -0.05) is 6.58 Å². The molecule has 1 heterocycles. The number of carbonyl (C=O) groups is 1. The Morgan fingerprint density at radius 1 is 1.67 bits per heavy atom. The Labute approximate surface area is 88.3 Å². The van der Waals surface area contributed by atoms with E-state index in [4.69, 9.17) is 4.74 Å². The van der Waals surface area contributed by atoms with Crippen LogP contribution in [0.2, 0.25) is 0 Å². The predicted octanol–water partition coefficient (Wildman–Crippen LogP) is -0.619. The number of sulfonamides is 1. The Morgan fingerprint density at radius 3 is 2.73 bits per heavy atom.